The predicted octanol–water partition coefficient (Wildman–Crippen LogP) is 3.04. The average molecular weight is 390 g/mol. The highest BCUT2D eigenvalue weighted by molar-refractivity contribution is 7.98. The summed E-state index contributed by atoms with van der Waals surface area (Å²) in [6.45, 7) is 1.94. The van der Waals surface area contributed by atoms with Crippen molar-refractivity contribution in [3.05, 3.63) is 64.1 Å². The van der Waals surface area contributed by atoms with E-state index >= 15 is 0 Å². The van der Waals surface area contributed by atoms with Crippen LogP contribution in [0.25, 0.3) is 11.0 Å². The fraction of sp³-hybridized carbons (Fsp3) is 0.222. The Kier molecular flexibility index (Phi) is 5.17. The molecule has 6 nitrogen and oxygen atoms in total. The maximum atomic E-state index is 12.1. The minimum atomic E-state index is -3.49. The Morgan fingerprint density at radius 3 is 2.58 bits per heavy atom. The fourth-order valence-electron chi connectivity index (χ4n) is 2.42. The smallest absolute Gasteiger partial charge is 0.336 e. The van der Waals surface area contributed by atoms with E-state index in [0.29, 0.717) is 16.4 Å². The average Bonchev–Trinajstić information content (AvgIpc) is 2.59. The van der Waals surface area contributed by atoms with Gasteiger partial charge in [-0.05, 0) is 36.2 Å². The molecule has 1 aromatic carbocycles. The third-order valence-electron chi connectivity index (χ3n) is 3.85. The monoisotopic (exact) mass is 390 g/mol. The lowest BCUT2D eigenvalue weighted by molar-refractivity contribution is 0.520. The Hall–Kier alpha value is -2.16. The Bertz CT molecular complexity index is 1100. The number of sulfonamides is 1. The zero-order chi connectivity index (χ0) is 18.9. The van der Waals surface area contributed by atoms with E-state index < -0.39 is 10.0 Å². The van der Waals surface area contributed by atoms with Crippen LogP contribution in [0.4, 0.5) is 0 Å². The van der Waals surface area contributed by atoms with E-state index in [4.69, 9.17) is 4.42 Å². The lowest BCUT2D eigenvalue weighted by Crippen LogP contribution is -2.22. The van der Waals surface area contributed by atoms with Crippen LogP contribution in [0.1, 0.15) is 11.1 Å². The van der Waals surface area contributed by atoms with Crippen LogP contribution in [0.3, 0.4) is 0 Å². The summed E-state index contributed by atoms with van der Waals surface area (Å²) in [7, 11) is -0.536. The molecule has 0 radical (unpaired) electrons. The number of aromatic nitrogens is 1. The van der Waals surface area contributed by atoms with Crippen LogP contribution in [0.15, 0.2) is 61.7 Å². The van der Waals surface area contributed by atoms with Gasteiger partial charge in [-0.15, -0.1) is 11.8 Å². The predicted molar refractivity (Wildman–Crippen MR) is 102 cm³/mol. The lowest BCUT2D eigenvalue weighted by atomic mass is 10.1. The molecule has 3 rings (SSSR count). The van der Waals surface area contributed by atoms with Crippen molar-refractivity contribution in [1.82, 2.24) is 9.29 Å². The van der Waals surface area contributed by atoms with Crippen molar-refractivity contribution in [1.29, 1.82) is 0 Å². The van der Waals surface area contributed by atoms with Gasteiger partial charge in [-0.1, -0.05) is 12.1 Å². The molecule has 0 unspecified atom stereocenters. The van der Waals surface area contributed by atoms with Crippen LogP contribution >= 0.6 is 11.8 Å². The summed E-state index contributed by atoms with van der Waals surface area (Å²) >= 11 is 1.43. The number of benzene rings is 1. The van der Waals surface area contributed by atoms with Crippen molar-refractivity contribution < 1.29 is 12.8 Å². The summed E-state index contributed by atoms with van der Waals surface area (Å²) in [5.41, 5.74) is 2.05. The Balaban J connectivity index is 1.84. The van der Waals surface area contributed by atoms with Gasteiger partial charge in [0.1, 0.15) is 10.5 Å². The Morgan fingerprint density at radius 2 is 1.92 bits per heavy atom. The molecule has 0 aliphatic carbocycles. The van der Waals surface area contributed by atoms with Gasteiger partial charge in [0.2, 0.25) is 10.0 Å². The molecule has 0 bridgehead atoms. The first-order valence-corrected chi connectivity index (χ1v) is 10.2. The number of fused-ring (bicyclic) bond motifs is 1. The number of rotatable bonds is 5. The quantitative estimate of drug-likeness (QED) is 0.492. The largest absolute Gasteiger partial charge is 0.423 e. The van der Waals surface area contributed by atoms with Gasteiger partial charge < -0.3 is 4.42 Å². The minimum Gasteiger partial charge on any atom is -0.423 e. The summed E-state index contributed by atoms with van der Waals surface area (Å²) in [6, 6.07) is 10.4. The van der Waals surface area contributed by atoms with Gasteiger partial charge in [-0.3, -0.25) is 0 Å². The lowest BCUT2D eigenvalue weighted by Gasteiger charge is -2.11. The SMILES string of the molecule is Cc1ccc2c(CSc3ccc(S(=O)(=O)N(C)C)cn3)cc(=O)oc2c1. The maximum Gasteiger partial charge on any atom is 0.336 e. The second-order valence-electron chi connectivity index (χ2n) is 6.00. The van der Waals surface area contributed by atoms with Gasteiger partial charge in [0.05, 0.1) is 5.03 Å². The second-order valence-corrected chi connectivity index (χ2v) is 9.15. The fourth-order valence-corrected chi connectivity index (χ4v) is 4.11. The van der Waals surface area contributed by atoms with Gasteiger partial charge in [-0.25, -0.2) is 22.5 Å². The van der Waals surface area contributed by atoms with Crippen molar-refractivity contribution in [3.8, 4) is 0 Å². The van der Waals surface area contributed by atoms with Gasteiger partial charge in [-0.2, -0.15) is 0 Å². The van der Waals surface area contributed by atoms with E-state index in [-0.39, 0.29) is 10.5 Å². The van der Waals surface area contributed by atoms with Crippen LogP contribution < -0.4 is 5.63 Å². The second kappa shape index (κ2) is 7.22. The van der Waals surface area contributed by atoms with E-state index in [1.54, 1.807) is 6.07 Å². The minimum absolute atomic E-state index is 0.146. The standard InChI is InChI=1S/C18H18N2O4S2/c1-12-4-6-15-13(9-18(21)24-16(15)8-12)11-25-17-7-5-14(10-19-17)26(22,23)20(2)3/h4-10H,11H2,1-3H3. The van der Waals surface area contributed by atoms with Crippen LogP contribution in [0, 0.1) is 6.92 Å². The number of hydrogen-bond donors (Lipinski definition) is 0. The van der Waals surface area contributed by atoms with E-state index in [1.807, 2.05) is 25.1 Å². The van der Waals surface area contributed by atoms with Gasteiger partial charge in [0, 0.05) is 37.5 Å². The molecule has 2 aromatic heterocycles. The van der Waals surface area contributed by atoms with E-state index in [9.17, 15) is 13.2 Å². The number of nitrogens with zero attached hydrogens (tertiary/aromatic N) is 2. The summed E-state index contributed by atoms with van der Waals surface area (Å²) < 4.78 is 30.5. The highest BCUT2D eigenvalue weighted by atomic mass is 32.2. The molecule has 8 heteroatoms. The molecule has 3 aromatic rings. The van der Waals surface area contributed by atoms with Crippen LogP contribution in [0.5, 0.6) is 0 Å². The first-order valence-electron chi connectivity index (χ1n) is 7.82. The summed E-state index contributed by atoms with van der Waals surface area (Å²) in [5.74, 6) is 0.526. The molecule has 0 N–H and O–H groups in total. The highest BCUT2D eigenvalue weighted by Gasteiger charge is 2.17. The Morgan fingerprint density at radius 1 is 1.15 bits per heavy atom. The molecule has 0 fully saturated rings. The third kappa shape index (κ3) is 3.82. The molecule has 0 atom stereocenters. The van der Waals surface area contributed by atoms with Crippen molar-refractivity contribution in [2.45, 2.75) is 22.6 Å². The molecule has 0 aliphatic rings. The molecular weight excluding hydrogens is 372 g/mol. The first kappa shape index (κ1) is 18.6. The summed E-state index contributed by atoms with van der Waals surface area (Å²) in [6.07, 6.45) is 1.35. The van der Waals surface area contributed by atoms with Gasteiger partial charge in [0.25, 0.3) is 0 Å². The van der Waals surface area contributed by atoms with Crippen molar-refractivity contribution in [2.24, 2.45) is 0 Å². The van der Waals surface area contributed by atoms with Crippen molar-refractivity contribution in [2.75, 3.05) is 14.1 Å². The summed E-state index contributed by atoms with van der Waals surface area (Å²) in [4.78, 5) is 16.1. The van der Waals surface area contributed by atoms with E-state index in [1.165, 1.54) is 44.2 Å². The molecule has 136 valence electrons. The van der Waals surface area contributed by atoms with E-state index in [2.05, 4.69) is 4.98 Å². The molecule has 0 amide bonds. The molecule has 0 aliphatic heterocycles. The topological polar surface area (TPSA) is 80.5 Å². The number of pyridine rings is 1. The molecule has 2 heterocycles. The van der Waals surface area contributed by atoms with Gasteiger partial charge >= 0.3 is 5.63 Å². The van der Waals surface area contributed by atoms with E-state index in [0.717, 1.165) is 20.8 Å². The van der Waals surface area contributed by atoms with Crippen molar-refractivity contribution >= 4 is 32.8 Å². The van der Waals surface area contributed by atoms with Crippen LogP contribution in [0.2, 0.25) is 0 Å². The third-order valence-corrected chi connectivity index (χ3v) is 6.64. The first-order chi connectivity index (χ1) is 12.3. The molecular formula is C18H18N2O4S2. The normalized spacial score (nSPS) is 12.0. The molecule has 26 heavy (non-hydrogen) atoms. The van der Waals surface area contributed by atoms with Crippen molar-refractivity contribution in [3.63, 3.8) is 0 Å². The molecule has 0 spiro atoms. The number of hydrogen-bond acceptors (Lipinski definition) is 6. The van der Waals surface area contributed by atoms with Gasteiger partial charge in [0.15, 0.2) is 0 Å². The zero-order valence-corrected chi connectivity index (χ0v) is 16.2. The molecule has 0 saturated carbocycles. The van der Waals surface area contributed by atoms with Crippen LogP contribution in [-0.4, -0.2) is 31.8 Å². The Labute approximate surface area is 155 Å². The number of aryl methyl sites for hydroxylation is 1. The molecule has 0 saturated heterocycles. The number of thioether (sulfide) groups is 1. The maximum absolute atomic E-state index is 12.1. The summed E-state index contributed by atoms with van der Waals surface area (Å²) in [5, 5.41) is 1.56. The highest BCUT2D eigenvalue weighted by Crippen LogP contribution is 2.26. The van der Waals surface area contributed by atoms with Crippen LogP contribution in [-0.2, 0) is 15.8 Å². The zero-order valence-electron chi connectivity index (χ0n) is 14.6.